The largest absolute Gasteiger partial charge is 0.748 e. The molecule has 302 valence electrons. The minimum Gasteiger partial charge on any atom is -0.748 e. The predicted octanol–water partition coefficient (Wildman–Crippen LogP) is 6.93. The highest BCUT2D eigenvalue weighted by atomic mass is 32.2. The van der Waals surface area contributed by atoms with Crippen LogP contribution in [0.2, 0.25) is 0 Å². The molecule has 3 atom stereocenters. The number of carbonyl (C=O) groups is 3. The monoisotopic (exact) mass is 782 g/mol. The third-order valence-electron chi connectivity index (χ3n) is 11.8. The lowest BCUT2D eigenvalue weighted by Crippen LogP contribution is -2.63. The zero-order valence-corrected chi connectivity index (χ0v) is 37.1. The van der Waals surface area contributed by atoms with Gasteiger partial charge in [0.1, 0.15) is 19.8 Å². The van der Waals surface area contributed by atoms with E-state index < -0.39 is 42.9 Å². The van der Waals surface area contributed by atoms with E-state index in [2.05, 4.69) is 51.3 Å². The Kier molecular flexibility index (Phi) is 19.1. The molecule has 13 heteroatoms. The van der Waals surface area contributed by atoms with Crippen LogP contribution < -0.4 is 5.32 Å². The van der Waals surface area contributed by atoms with Crippen molar-refractivity contribution in [3.8, 4) is 0 Å². The van der Waals surface area contributed by atoms with E-state index in [1.807, 2.05) is 76.4 Å². The first-order valence-corrected chi connectivity index (χ1v) is 21.2. The Bertz CT molecular complexity index is 1240. The highest BCUT2D eigenvalue weighted by Crippen LogP contribution is 2.66. The van der Waals surface area contributed by atoms with Crippen molar-refractivity contribution in [2.75, 3.05) is 58.4 Å². The number of amides is 1. The van der Waals surface area contributed by atoms with Gasteiger partial charge in [-0.15, -0.1) is 0 Å². The summed E-state index contributed by atoms with van der Waals surface area (Å²) >= 11 is 8.79. The summed E-state index contributed by atoms with van der Waals surface area (Å²) in [5, 5.41) is 3.17. The van der Waals surface area contributed by atoms with Gasteiger partial charge in [0, 0.05) is 23.8 Å². The van der Waals surface area contributed by atoms with E-state index >= 15 is 0 Å². The molecule has 51 heavy (non-hydrogen) atoms. The van der Waals surface area contributed by atoms with E-state index in [-0.39, 0.29) is 49.4 Å². The van der Waals surface area contributed by atoms with Crippen molar-refractivity contribution in [3.63, 3.8) is 0 Å². The normalized spacial score (nSPS) is 16.5. The third-order valence-corrected chi connectivity index (χ3v) is 13.4. The van der Waals surface area contributed by atoms with Gasteiger partial charge in [0.05, 0.1) is 48.1 Å². The number of hydrogen-bond donors (Lipinski definition) is 3. The molecule has 0 fully saturated rings. The first-order chi connectivity index (χ1) is 22.8. The Morgan fingerprint density at radius 1 is 0.784 bits per heavy atom. The van der Waals surface area contributed by atoms with Gasteiger partial charge in [0.25, 0.3) is 0 Å². The van der Waals surface area contributed by atoms with E-state index in [0.29, 0.717) is 35.7 Å². The summed E-state index contributed by atoms with van der Waals surface area (Å²) in [6, 6.07) is 0. The molecule has 0 aromatic heterocycles. The van der Waals surface area contributed by atoms with Gasteiger partial charge in [0.15, 0.2) is 0 Å². The summed E-state index contributed by atoms with van der Waals surface area (Å²) in [6.45, 7) is 25.5. The van der Waals surface area contributed by atoms with Gasteiger partial charge in [0.2, 0.25) is 5.91 Å². The number of ether oxygens (including phenoxy) is 2. The second-order valence-corrected chi connectivity index (χ2v) is 21.4. The zero-order valence-electron chi connectivity index (χ0n) is 34.5. The minimum atomic E-state index is -4.29. The fourth-order valence-corrected chi connectivity index (χ4v) is 8.58. The molecule has 0 saturated carbocycles. The predicted molar refractivity (Wildman–Crippen MR) is 213 cm³/mol. The molecule has 0 bridgehead atoms. The van der Waals surface area contributed by atoms with Crippen molar-refractivity contribution in [1.29, 1.82) is 0 Å². The number of rotatable bonds is 23. The molecule has 10 nitrogen and oxygen atoms in total. The highest BCUT2D eigenvalue weighted by Gasteiger charge is 2.67. The standard InChI is InChI=1S/C38H74N2O8S3/c1-33(2,3)28-37(11,31(42)47-24-21-39-30(41)19-16-15-18-29(50)20-26-49)35(7,8)36(9,10)38(12,34(4,5)6)32(43)48-25-23-40(13,14)22-17-27-51(44,45)46/h29H,15-28H2,1-14H3,(H3-,39,41,44,45,46,49,50). The number of likely N-dealkylation sites (N-methyl/N-ethyl adjacent to an activating group) is 1. The Labute approximate surface area is 322 Å². The first kappa shape index (κ1) is 50.0. The number of unbranched alkanes of at least 4 members (excludes halogenated alkanes) is 1. The second-order valence-electron chi connectivity index (χ2n) is 18.7. The lowest BCUT2D eigenvalue weighted by atomic mass is 9.41. The van der Waals surface area contributed by atoms with E-state index in [4.69, 9.17) is 9.47 Å². The Hall–Kier alpha value is -1.02. The maximum Gasteiger partial charge on any atom is 0.313 e. The average molecular weight is 783 g/mol. The fourth-order valence-electron chi connectivity index (χ4n) is 7.27. The molecule has 0 rings (SSSR count). The number of quaternary nitrogens is 1. The lowest BCUT2D eigenvalue weighted by Gasteiger charge is -2.62. The molecule has 1 N–H and O–H groups in total. The van der Waals surface area contributed by atoms with Gasteiger partial charge in [-0.2, -0.15) is 25.3 Å². The zero-order chi connectivity index (χ0) is 40.3. The van der Waals surface area contributed by atoms with Gasteiger partial charge in [-0.25, -0.2) is 8.42 Å². The highest BCUT2D eigenvalue weighted by molar-refractivity contribution is 7.85. The second kappa shape index (κ2) is 19.5. The maximum absolute atomic E-state index is 14.3. The molecule has 0 saturated heterocycles. The Morgan fingerprint density at radius 2 is 1.33 bits per heavy atom. The number of esters is 2. The van der Waals surface area contributed by atoms with Crippen LogP contribution in [0.1, 0.15) is 128 Å². The number of nitrogens with zero attached hydrogens (tertiary/aromatic N) is 1. The van der Waals surface area contributed by atoms with Crippen molar-refractivity contribution < 1.29 is 41.3 Å². The summed E-state index contributed by atoms with van der Waals surface area (Å²) in [7, 11) is -0.485. The quantitative estimate of drug-likeness (QED) is 0.0334. The van der Waals surface area contributed by atoms with Crippen LogP contribution in [0.25, 0.3) is 0 Å². The van der Waals surface area contributed by atoms with Crippen molar-refractivity contribution in [3.05, 3.63) is 0 Å². The van der Waals surface area contributed by atoms with E-state index in [1.165, 1.54) is 0 Å². The summed E-state index contributed by atoms with van der Waals surface area (Å²) in [4.78, 5) is 41.1. The molecule has 0 aromatic carbocycles. The number of carbonyl (C=O) groups excluding carboxylic acids is 3. The van der Waals surface area contributed by atoms with Gasteiger partial charge >= 0.3 is 11.9 Å². The Morgan fingerprint density at radius 3 is 1.82 bits per heavy atom. The molecular weight excluding hydrogens is 709 g/mol. The van der Waals surface area contributed by atoms with Gasteiger partial charge in [-0.1, -0.05) is 75.7 Å². The van der Waals surface area contributed by atoms with Crippen LogP contribution in [0, 0.1) is 32.5 Å². The topological polar surface area (TPSA) is 139 Å². The van der Waals surface area contributed by atoms with Crippen molar-refractivity contribution in [1.82, 2.24) is 5.32 Å². The average Bonchev–Trinajstić information content (AvgIpc) is 2.94. The van der Waals surface area contributed by atoms with Crippen molar-refractivity contribution >= 4 is 53.2 Å². The molecule has 1 amide bonds. The third kappa shape index (κ3) is 15.0. The number of nitrogens with one attached hydrogen (secondary N) is 1. The van der Waals surface area contributed by atoms with Gasteiger partial charge in [-0.05, 0) is 66.9 Å². The van der Waals surface area contributed by atoms with Gasteiger partial charge in [-0.3, -0.25) is 14.4 Å². The SMILES string of the molecule is CC(C)(C)CC(C)(C(=O)OCCNC(=O)CCCCC(S)CCS)C(C)(C)C(C)(C)C(C)(C(=O)OCC[N+](C)(C)CCCS(=O)(=O)[O-])C(C)(C)C. The molecule has 0 radical (unpaired) electrons. The molecule has 3 unspecified atom stereocenters. The summed E-state index contributed by atoms with van der Waals surface area (Å²) < 4.78 is 45.6. The van der Waals surface area contributed by atoms with Crippen LogP contribution in [-0.4, -0.2) is 99.0 Å². The van der Waals surface area contributed by atoms with Crippen molar-refractivity contribution in [2.45, 2.75) is 133 Å². The van der Waals surface area contributed by atoms with Crippen LogP contribution in [0.15, 0.2) is 0 Å². The van der Waals surface area contributed by atoms with Crippen LogP contribution in [-0.2, 0) is 34.0 Å². The first-order valence-electron chi connectivity index (χ1n) is 18.5. The molecule has 0 aromatic rings. The molecule has 0 aliphatic carbocycles. The lowest BCUT2D eigenvalue weighted by molar-refractivity contribution is -0.890. The number of hydrogen-bond acceptors (Lipinski definition) is 10. The Balaban J connectivity index is 6.03. The summed E-state index contributed by atoms with van der Waals surface area (Å²) in [5.74, 6) is -0.469. The fraction of sp³-hybridized carbons (Fsp3) is 0.921. The van der Waals surface area contributed by atoms with Crippen LogP contribution in [0.3, 0.4) is 0 Å². The number of thiol groups is 2. The van der Waals surface area contributed by atoms with E-state index in [0.717, 1.165) is 31.4 Å². The van der Waals surface area contributed by atoms with E-state index in [9.17, 15) is 27.4 Å². The summed E-state index contributed by atoms with van der Waals surface area (Å²) in [5.41, 5.74) is -4.61. The van der Waals surface area contributed by atoms with E-state index in [1.54, 1.807) is 0 Å². The van der Waals surface area contributed by atoms with Gasteiger partial charge < -0.3 is 23.8 Å². The minimum absolute atomic E-state index is 0.0365. The maximum atomic E-state index is 14.3. The molecule has 0 aliphatic rings. The summed E-state index contributed by atoms with van der Waals surface area (Å²) in [6.07, 6.45) is 4.67. The molecule has 0 aliphatic heterocycles. The van der Waals surface area contributed by atoms with Crippen LogP contribution >= 0.6 is 25.3 Å². The smallest absolute Gasteiger partial charge is 0.313 e. The van der Waals surface area contributed by atoms with Crippen LogP contribution in [0.5, 0.6) is 0 Å². The molecule has 0 spiro atoms. The molecular formula is C38H74N2O8S3. The van der Waals surface area contributed by atoms with Crippen LogP contribution in [0.4, 0.5) is 0 Å². The van der Waals surface area contributed by atoms with Crippen molar-refractivity contribution in [2.24, 2.45) is 32.5 Å². The molecule has 0 heterocycles.